The van der Waals surface area contributed by atoms with E-state index in [0.29, 0.717) is 16.2 Å². The third-order valence-corrected chi connectivity index (χ3v) is 7.60. The van der Waals surface area contributed by atoms with Crippen molar-refractivity contribution in [2.75, 3.05) is 54.2 Å². The Balaban J connectivity index is 1.59. The number of carbonyl (C=O) groups excluding carboxylic acids is 3. The molecule has 13 nitrogen and oxygen atoms in total. The highest BCUT2D eigenvalue weighted by Gasteiger charge is 2.42. The molecule has 13 heteroatoms. The third-order valence-electron chi connectivity index (χ3n) is 7.60. The number of amides is 2. The summed E-state index contributed by atoms with van der Waals surface area (Å²) in [6, 6.07) is 29.1. The van der Waals surface area contributed by atoms with Gasteiger partial charge in [0.2, 0.25) is 6.10 Å². The van der Waals surface area contributed by atoms with E-state index < -0.39 is 30.0 Å². The first kappa shape index (κ1) is 36.7. The molecule has 0 aliphatic carbocycles. The van der Waals surface area contributed by atoms with Crippen LogP contribution in [0.3, 0.4) is 0 Å². The molecule has 51 heavy (non-hydrogen) atoms. The minimum Gasteiger partial charge on any atom is -0.463 e. The van der Waals surface area contributed by atoms with Crippen LogP contribution in [0.1, 0.15) is 55.2 Å². The molecule has 0 spiro atoms. The maximum Gasteiger partial charge on any atom is 0.343 e. The van der Waals surface area contributed by atoms with Gasteiger partial charge in [-0.05, 0) is 29.3 Å². The maximum absolute atomic E-state index is 14.5. The summed E-state index contributed by atoms with van der Waals surface area (Å²) in [5.41, 5.74) is 1.49. The molecule has 2 amide bonds. The fraction of sp³-hybridized carbons (Fsp3) is 0.263. The lowest BCUT2D eigenvalue weighted by molar-refractivity contribution is -0.185. The zero-order chi connectivity index (χ0) is 36.0. The van der Waals surface area contributed by atoms with Crippen LogP contribution < -0.4 is 9.47 Å². The number of benzene rings is 4. The van der Waals surface area contributed by atoms with Crippen molar-refractivity contribution in [2.45, 2.75) is 12.2 Å². The van der Waals surface area contributed by atoms with Gasteiger partial charge in [-0.3, -0.25) is 9.59 Å². The molecule has 4 aromatic rings. The molecule has 0 N–H and O–H groups in total. The SMILES string of the molecule is COCCOCOc1c(C#N)ccc(C(ON2C(=O)c3ccccc3C2=O)C(=O)OC(c2ccccc2)c2ccccc2)c1OCOCCOC. The van der Waals surface area contributed by atoms with E-state index in [-0.39, 0.29) is 73.8 Å². The zero-order valence-corrected chi connectivity index (χ0v) is 28.0. The second-order valence-electron chi connectivity index (χ2n) is 10.9. The van der Waals surface area contributed by atoms with E-state index in [2.05, 4.69) is 0 Å². The Bertz CT molecular complexity index is 1750. The van der Waals surface area contributed by atoms with E-state index in [4.69, 9.17) is 38.0 Å². The van der Waals surface area contributed by atoms with Crippen LogP contribution in [-0.2, 0) is 33.3 Å². The lowest BCUT2D eigenvalue weighted by Crippen LogP contribution is -2.35. The molecule has 1 atom stereocenters. The largest absolute Gasteiger partial charge is 0.463 e. The lowest BCUT2D eigenvalue weighted by Gasteiger charge is -2.27. The summed E-state index contributed by atoms with van der Waals surface area (Å²) < 4.78 is 39.1. The molecule has 1 heterocycles. The number of nitriles is 1. The van der Waals surface area contributed by atoms with Crippen molar-refractivity contribution in [1.29, 1.82) is 5.26 Å². The number of imide groups is 1. The summed E-state index contributed by atoms with van der Waals surface area (Å²) >= 11 is 0. The molecular weight excluding hydrogens is 660 g/mol. The summed E-state index contributed by atoms with van der Waals surface area (Å²) in [4.78, 5) is 47.5. The van der Waals surface area contributed by atoms with E-state index in [9.17, 15) is 19.6 Å². The van der Waals surface area contributed by atoms with Crippen molar-refractivity contribution in [3.63, 3.8) is 0 Å². The van der Waals surface area contributed by atoms with Gasteiger partial charge < -0.3 is 33.2 Å². The van der Waals surface area contributed by atoms with Crippen LogP contribution in [0.5, 0.6) is 11.5 Å². The Kier molecular flexibility index (Phi) is 13.2. The molecule has 0 radical (unpaired) electrons. The summed E-state index contributed by atoms with van der Waals surface area (Å²) in [5.74, 6) is -2.79. The highest BCUT2D eigenvalue weighted by Crippen LogP contribution is 2.42. The van der Waals surface area contributed by atoms with Gasteiger partial charge in [-0.2, -0.15) is 5.26 Å². The van der Waals surface area contributed by atoms with Crippen molar-refractivity contribution in [2.24, 2.45) is 0 Å². The van der Waals surface area contributed by atoms with Crippen molar-refractivity contribution < 1.29 is 52.4 Å². The number of ether oxygens (including phenoxy) is 7. The molecule has 4 aromatic carbocycles. The number of carbonyl (C=O) groups is 3. The topological polar surface area (TPSA) is 152 Å². The van der Waals surface area contributed by atoms with Crippen LogP contribution >= 0.6 is 0 Å². The summed E-state index contributed by atoms with van der Waals surface area (Å²) in [7, 11) is 3.03. The van der Waals surface area contributed by atoms with Gasteiger partial charge in [-0.25, -0.2) is 9.63 Å². The Labute approximate surface area is 294 Å². The number of hydrogen-bond acceptors (Lipinski definition) is 12. The van der Waals surface area contributed by atoms with Gasteiger partial charge in [-0.15, -0.1) is 5.06 Å². The predicted molar refractivity (Wildman–Crippen MR) is 179 cm³/mol. The zero-order valence-electron chi connectivity index (χ0n) is 28.0. The minimum atomic E-state index is -1.80. The molecule has 264 valence electrons. The van der Waals surface area contributed by atoms with Gasteiger partial charge in [0.1, 0.15) is 6.07 Å². The normalized spacial score (nSPS) is 12.8. The van der Waals surface area contributed by atoms with Gasteiger partial charge in [0.15, 0.2) is 31.2 Å². The standard InChI is InChI=1S/C38H36N2O11/c1-44-19-21-46-24-48-33-28(23-39)17-18-31(34(33)49-25-47-22-20-45-2)35(51-40-36(41)29-15-9-10-16-30(29)37(40)42)38(43)50-32(26-11-5-3-6-12-26)27-13-7-4-8-14-27/h3-18,32,35H,19-22,24-25H2,1-2H3. The smallest absolute Gasteiger partial charge is 0.343 e. The van der Waals surface area contributed by atoms with Crippen LogP contribution in [0.25, 0.3) is 0 Å². The fourth-order valence-corrected chi connectivity index (χ4v) is 5.13. The van der Waals surface area contributed by atoms with Crippen molar-refractivity contribution in [3.05, 3.63) is 130 Å². The second-order valence-corrected chi connectivity index (χ2v) is 10.9. The van der Waals surface area contributed by atoms with Crippen LogP contribution in [0.2, 0.25) is 0 Å². The Morgan fingerprint density at radius 2 is 1.20 bits per heavy atom. The minimum absolute atomic E-state index is 0.0280. The summed E-state index contributed by atoms with van der Waals surface area (Å²) in [6.07, 6.45) is -2.72. The molecule has 1 aliphatic heterocycles. The van der Waals surface area contributed by atoms with Crippen LogP contribution in [-0.4, -0.2) is 77.1 Å². The molecular formula is C38H36N2O11. The van der Waals surface area contributed by atoms with Crippen molar-refractivity contribution in [1.82, 2.24) is 5.06 Å². The molecule has 0 fully saturated rings. The summed E-state index contributed by atoms with van der Waals surface area (Å²) in [6.45, 7) is 0.221. The van der Waals surface area contributed by atoms with Crippen LogP contribution in [0.4, 0.5) is 0 Å². The van der Waals surface area contributed by atoms with E-state index in [0.717, 1.165) is 0 Å². The van der Waals surface area contributed by atoms with Gasteiger partial charge in [0.25, 0.3) is 11.8 Å². The number of hydrogen-bond donors (Lipinski definition) is 0. The van der Waals surface area contributed by atoms with Crippen molar-refractivity contribution >= 4 is 17.8 Å². The Morgan fingerprint density at radius 3 is 1.71 bits per heavy atom. The molecule has 1 unspecified atom stereocenters. The number of methoxy groups -OCH3 is 2. The Hall–Kier alpha value is -5.62. The first-order valence-electron chi connectivity index (χ1n) is 15.9. The molecule has 0 aromatic heterocycles. The van der Waals surface area contributed by atoms with Crippen LogP contribution in [0.15, 0.2) is 97.1 Å². The molecule has 0 saturated carbocycles. The monoisotopic (exact) mass is 696 g/mol. The average Bonchev–Trinajstić information content (AvgIpc) is 3.41. The van der Waals surface area contributed by atoms with E-state index in [1.807, 2.05) is 18.2 Å². The van der Waals surface area contributed by atoms with E-state index >= 15 is 0 Å². The molecule has 0 saturated heterocycles. The number of nitrogens with zero attached hydrogens (tertiary/aromatic N) is 2. The molecule has 0 bridgehead atoms. The molecule has 1 aliphatic rings. The summed E-state index contributed by atoms with van der Waals surface area (Å²) in [5, 5.41) is 10.5. The van der Waals surface area contributed by atoms with Crippen molar-refractivity contribution in [3.8, 4) is 17.6 Å². The van der Waals surface area contributed by atoms with Gasteiger partial charge in [0.05, 0.1) is 43.1 Å². The second kappa shape index (κ2) is 18.4. The maximum atomic E-state index is 14.5. The number of rotatable bonds is 19. The first-order valence-corrected chi connectivity index (χ1v) is 15.9. The Morgan fingerprint density at radius 1 is 0.686 bits per heavy atom. The third kappa shape index (κ3) is 8.95. The predicted octanol–water partition coefficient (Wildman–Crippen LogP) is 5.16. The lowest BCUT2D eigenvalue weighted by atomic mass is 10.0. The number of esters is 1. The van der Waals surface area contributed by atoms with E-state index in [1.54, 1.807) is 60.7 Å². The molecule has 5 rings (SSSR count). The number of hydroxylamine groups is 2. The van der Waals surface area contributed by atoms with Crippen LogP contribution in [0, 0.1) is 11.3 Å². The highest BCUT2D eigenvalue weighted by atomic mass is 16.7. The first-order chi connectivity index (χ1) is 25.0. The van der Waals surface area contributed by atoms with E-state index in [1.165, 1.54) is 38.5 Å². The van der Waals surface area contributed by atoms with Gasteiger partial charge in [-0.1, -0.05) is 78.9 Å². The highest BCUT2D eigenvalue weighted by molar-refractivity contribution is 6.20. The average molecular weight is 697 g/mol. The quantitative estimate of drug-likeness (QED) is 0.0551. The van der Waals surface area contributed by atoms with Gasteiger partial charge in [0, 0.05) is 19.8 Å². The van der Waals surface area contributed by atoms with Gasteiger partial charge >= 0.3 is 5.97 Å². The number of fused-ring (bicyclic) bond motifs is 1. The fourth-order valence-electron chi connectivity index (χ4n) is 5.13.